The highest BCUT2D eigenvalue weighted by Crippen LogP contribution is 2.29. The van der Waals surface area contributed by atoms with Crippen molar-refractivity contribution in [2.24, 2.45) is 0 Å². The molecule has 0 radical (unpaired) electrons. The van der Waals surface area contributed by atoms with Crippen LogP contribution in [0.1, 0.15) is 24.9 Å². The van der Waals surface area contributed by atoms with E-state index in [0.29, 0.717) is 5.02 Å². The fourth-order valence-corrected chi connectivity index (χ4v) is 2.36. The summed E-state index contributed by atoms with van der Waals surface area (Å²) in [6.45, 7) is 2.13. The molecule has 2 rings (SSSR count). The number of hydrogen-bond donors (Lipinski definition) is 2. The van der Waals surface area contributed by atoms with Crippen molar-refractivity contribution < 1.29 is 5.11 Å². The zero-order valence-corrected chi connectivity index (χ0v) is 12.9. The molecule has 0 heterocycles. The minimum Gasteiger partial charge on any atom is -0.506 e. The standard InChI is InChI=1S/C15H15BrClNO/c1-2-14(10-3-5-11(16)6-4-10)18-12-7-8-15(19)13(17)9-12/h3-9,14,18-19H,2H2,1H3. The molecule has 0 fully saturated rings. The molecule has 0 amide bonds. The molecule has 100 valence electrons. The number of rotatable bonds is 4. The van der Waals surface area contributed by atoms with Crippen molar-refractivity contribution in [3.05, 3.63) is 57.5 Å². The molecule has 0 aliphatic carbocycles. The predicted molar refractivity (Wildman–Crippen MR) is 83.9 cm³/mol. The van der Waals surface area contributed by atoms with Gasteiger partial charge in [-0.05, 0) is 42.3 Å². The van der Waals surface area contributed by atoms with Crippen LogP contribution in [0.5, 0.6) is 5.75 Å². The van der Waals surface area contributed by atoms with Gasteiger partial charge in [-0.25, -0.2) is 0 Å². The first-order valence-electron chi connectivity index (χ1n) is 6.10. The number of halogens is 2. The molecule has 19 heavy (non-hydrogen) atoms. The minimum atomic E-state index is 0.101. The lowest BCUT2D eigenvalue weighted by Crippen LogP contribution is -2.09. The molecule has 0 aliphatic rings. The molecule has 2 aromatic carbocycles. The third kappa shape index (κ3) is 3.64. The lowest BCUT2D eigenvalue weighted by atomic mass is 10.0. The summed E-state index contributed by atoms with van der Waals surface area (Å²) in [6.07, 6.45) is 0.958. The maximum absolute atomic E-state index is 9.42. The molecule has 0 saturated heterocycles. The van der Waals surface area contributed by atoms with E-state index in [-0.39, 0.29) is 11.8 Å². The number of phenols is 1. The monoisotopic (exact) mass is 339 g/mol. The van der Waals surface area contributed by atoms with Crippen LogP contribution in [0.25, 0.3) is 0 Å². The van der Waals surface area contributed by atoms with Gasteiger partial charge in [-0.15, -0.1) is 0 Å². The maximum Gasteiger partial charge on any atom is 0.134 e. The Morgan fingerprint density at radius 2 is 1.89 bits per heavy atom. The van der Waals surface area contributed by atoms with Crippen molar-refractivity contribution in [2.45, 2.75) is 19.4 Å². The third-order valence-electron chi connectivity index (χ3n) is 2.97. The van der Waals surface area contributed by atoms with Gasteiger partial charge in [0, 0.05) is 10.2 Å². The zero-order chi connectivity index (χ0) is 13.8. The molecular weight excluding hydrogens is 326 g/mol. The maximum atomic E-state index is 9.42. The van der Waals surface area contributed by atoms with E-state index in [4.69, 9.17) is 11.6 Å². The molecule has 0 aromatic heterocycles. The van der Waals surface area contributed by atoms with Crippen LogP contribution >= 0.6 is 27.5 Å². The van der Waals surface area contributed by atoms with E-state index in [9.17, 15) is 5.11 Å². The van der Waals surface area contributed by atoms with Gasteiger partial charge in [0.1, 0.15) is 5.75 Å². The molecular formula is C15H15BrClNO. The van der Waals surface area contributed by atoms with E-state index in [2.05, 4.69) is 40.3 Å². The third-order valence-corrected chi connectivity index (χ3v) is 3.80. The summed E-state index contributed by atoms with van der Waals surface area (Å²) in [4.78, 5) is 0. The summed E-state index contributed by atoms with van der Waals surface area (Å²) in [6, 6.07) is 13.6. The summed E-state index contributed by atoms with van der Waals surface area (Å²) in [5, 5.41) is 13.2. The fraction of sp³-hybridized carbons (Fsp3) is 0.200. The number of hydrogen-bond acceptors (Lipinski definition) is 2. The average Bonchev–Trinajstić information content (AvgIpc) is 2.41. The van der Waals surface area contributed by atoms with E-state index < -0.39 is 0 Å². The molecule has 2 N–H and O–H groups in total. The van der Waals surface area contributed by atoms with Crippen LogP contribution in [-0.4, -0.2) is 5.11 Å². The van der Waals surface area contributed by atoms with Crippen molar-refractivity contribution in [3.63, 3.8) is 0 Å². The van der Waals surface area contributed by atoms with Gasteiger partial charge in [-0.3, -0.25) is 0 Å². The van der Waals surface area contributed by atoms with Gasteiger partial charge in [0.05, 0.1) is 11.1 Å². The number of anilines is 1. The van der Waals surface area contributed by atoms with Gasteiger partial charge in [0.2, 0.25) is 0 Å². The van der Waals surface area contributed by atoms with Crippen molar-refractivity contribution in [2.75, 3.05) is 5.32 Å². The minimum absolute atomic E-state index is 0.101. The van der Waals surface area contributed by atoms with Crippen LogP contribution in [0.2, 0.25) is 5.02 Å². The number of benzene rings is 2. The Labute approximate surface area is 126 Å². The van der Waals surface area contributed by atoms with Gasteiger partial charge >= 0.3 is 0 Å². The summed E-state index contributed by atoms with van der Waals surface area (Å²) >= 11 is 9.35. The second-order valence-corrected chi connectivity index (χ2v) is 5.65. The van der Waals surface area contributed by atoms with Crippen molar-refractivity contribution in [1.82, 2.24) is 0 Å². The summed E-state index contributed by atoms with van der Waals surface area (Å²) in [7, 11) is 0. The predicted octanol–water partition coefficient (Wildman–Crippen LogP) is 5.37. The van der Waals surface area contributed by atoms with Crippen LogP contribution in [-0.2, 0) is 0 Å². The highest BCUT2D eigenvalue weighted by atomic mass is 79.9. The smallest absolute Gasteiger partial charge is 0.134 e. The van der Waals surface area contributed by atoms with Gasteiger partial charge in [-0.2, -0.15) is 0 Å². The molecule has 0 bridgehead atoms. The second kappa shape index (κ2) is 6.31. The molecule has 2 aromatic rings. The van der Waals surface area contributed by atoms with E-state index in [1.54, 1.807) is 12.1 Å². The number of aromatic hydroxyl groups is 1. The Hall–Kier alpha value is -1.19. The van der Waals surface area contributed by atoms with Crippen LogP contribution in [0.15, 0.2) is 46.9 Å². The van der Waals surface area contributed by atoms with E-state index in [1.165, 1.54) is 5.56 Å². The Bertz CT molecular complexity index is 557. The summed E-state index contributed by atoms with van der Waals surface area (Å²) in [5.74, 6) is 0.101. The fourth-order valence-electron chi connectivity index (χ4n) is 1.91. The molecule has 2 nitrogen and oxygen atoms in total. The van der Waals surface area contributed by atoms with Gasteiger partial charge in [0.15, 0.2) is 0 Å². The molecule has 0 spiro atoms. The van der Waals surface area contributed by atoms with Crippen LogP contribution in [0.4, 0.5) is 5.69 Å². The van der Waals surface area contributed by atoms with Crippen molar-refractivity contribution in [1.29, 1.82) is 0 Å². The molecule has 0 saturated carbocycles. The lowest BCUT2D eigenvalue weighted by Gasteiger charge is -2.19. The number of nitrogens with one attached hydrogen (secondary N) is 1. The highest BCUT2D eigenvalue weighted by Gasteiger charge is 2.10. The van der Waals surface area contributed by atoms with Gasteiger partial charge in [0.25, 0.3) is 0 Å². The normalized spacial score (nSPS) is 12.2. The average molecular weight is 341 g/mol. The topological polar surface area (TPSA) is 32.3 Å². The van der Waals surface area contributed by atoms with Crippen LogP contribution in [0.3, 0.4) is 0 Å². The first-order chi connectivity index (χ1) is 9.10. The Morgan fingerprint density at radius 3 is 2.47 bits per heavy atom. The summed E-state index contributed by atoms with van der Waals surface area (Å²) < 4.78 is 1.07. The van der Waals surface area contributed by atoms with Gasteiger partial charge < -0.3 is 10.4 Å². The van der Waals surface area contributed by atoms with Crippen LogP contribution in [0, 0.1) is 0 Å². The SMILES string of the molecule is CCC(Nc1ccc(O)c(Cl)c1)c1ccc(Br)cc1. The molecule has 1 atom stereocenters. The van der Waals surface area contributed by atoms with Crippen molar-refractivity contribution >= 4 is 33.2 Å². The zero-order valence-electron chi connectivity index (χ0n) is 10.5. The van der Waals surface area contributed by atoms with E-state index >= 15 is 0 Å². The Kier molecular flexibility index (Phi) is 4.72. The number of phenolic OH excluding ortho intramolecular Hbond substituents is 1. The molecule has 1 unspecified atom stereocenters. The van der Waals surface area contributed by atoms with E-state index in [0.717, 1.165) is 16.6 Å². The lowest BCUT2D eigenvalue weighted by molar-refractivity contribution is 0.475. The Morgan fingerprint density at radius 1 is 1.21 bits per heavy atom. The second-order valence-electron chi connectivity index (χ2n) is 4.32. The first-order valence-corrected chi connectivity index (χ1v) is 7.27. The summed E-state index contributed by atoms with van der Waals surface area (Å²) in [5.41, 5.74) is 2.12. The molecule has 4 heteroatoms. The largest absolute Gasteiger partial charge is 0.506 e. The first kappa shape index (κ1) is 14.2. The van der Waals surface area contributed by atoms with E-state index in [1.807, 2.05) is 18.2 Å². The van der Waals surface area contributed by atoms with Gasteiger partial charge in [-0.1, -0.05) is 46.6 Å². The molecule has 0 aliphatic heterocycles. The van der Waals surface area contributed by atoms with Crippen LogP contribution < -0.4 is 5.32 Å². The Balaban J connectivity index is 2.18. The quantitative estimate of drug-likeness (QED) is 0.733. The van der Waals surface area contributed by atoms with Crippen molar-refractivity contribution in [3.8, 4) is 5.75 Å². The highest BCUT2D eigenvalue weighted by molar-refractivity contribution is 9.10.